The minimum atomic E-state index is -0.367. The Hall–Kier alpha value is -4.48. The lowest BCUT2D eigenvalue weighted by molar-refractivity contribution is -0.117. The number of carbonyl (C=O) groups is 2. The van der Waals surface area contributed by atoms with E-state index in [1.807, 2.05) is 17.0 Å². The molecule has 11 nitrogen and oxygen atoms in total. The summed E-state index contributed by atoms with van der Waals surface area (Å²) < 4.78 is 11.7. The van der Waals surface area contributed by atoms with Crippen LogP contribution in [0.5, 0.6) is 11.6 Å². The fourth-order valence-corrected chi connectivity index (χ4v) is 4.41. The van der Waals surface area contributed by atoms with Gasteiger partial charge in [0, 0.05) is 55.2 Å². The number of rotatable bonds is 8. The molecule has 2 amide bonds. The molecule has 0 bridgehead atoms. The van der Waals surface area contributed by atoms with Crippen molar-refractivity contribution in [1.82, 2.24) is 20.2 Å². The molecule has 0 radical (unpaired) electrons. The number of anilines is 3. The van der Waals surface area contributed by atoms with Crippen molar-refractivity contribution >= 4 is 40.1 Å². The number of likely N-dealkylation sites (tertiary alicyclic amines) is 1. The summed E-state index contributed by atoms with van der Waals surface area (Å²) in [4.78, 5) is 35.2. The third kappa shape index (κ3) is 5.74. The third-order valence-electron chi connectivity index (χ3n) is 6.16. The molecule has 1 aliphatic heterocycles. The number of aromatic nitrogens is 2. The van der Waals surface area contributed by atoms with Gasteiger partial charge in [-0.15, -0.1) is 0 Å². The number of hydrogen-bond acceptors (Lipinski definition) is 9. The number of aryl methyl sites for hydroxylation is 1. The lowest BCUT2D eigenvalue weighted by atomic mass is 10.1. The van der Waals surface area contributed by atoms with E-state index in [2.05, 4.69) is 25.9 Å². The first-order chi connectivity index (χ1) is 18.4. The second-order valence-corrected chi connectivity index (χ2v) is 9.02. The van der Waals surface area contributed by atoms with E-state index in [4.69, 9.17) is 9.15 Å². The number of benzene rings is 2. The molecule has 38 heavy (non-hydrogen) atoms. The number of nitrogens with one attached hydrogen (secondary N) is 3. The van der Waals surface area contributed by atoms with Crippen LogP contribution in [0.25, 0.3) is 11.0 Å². The van der Waals surface area contributed by atoms with Gasteiger partial charge in [-0.3, -0.25) is 14.5 Å². The van der Waals surface area contributed by atoms with Gasteiger partial charge in [-0.2, -0.15) is 4.98 Å². The standard InChI is InChI=1S/C27H28N6O5/c1-16-25(26(36)28-2)21-7-6-20(13-22(21)37-16)38-24-8-10-29-27(32-24)31-18-5-3-4-17(12-18)30-23(35)15-33-11-9-19(34)14-33/h3-8,10,12-13,19,34H,9,11,14-15H2,1-2H3,(H,28,36)(H,30,35)(H,29,31,32)/t19-/m0/s1. The summed E-state index contributed by atoms with van der Waals surface area (Å²) in [6.45, 7) is 3.19. The van der Waals surface area contributed by atoms with Gasteiger partial charge >= 0.3 is 0 Å². The molecule has 4 N–H and O–H groups in total. The van der Waals surface area contributed by atoms with Gasteiger partial charge in [0.15, 0.2) is 0 Å². The van der Waals surface area contributed by atoms with E-state index in [9.17, 15) is 14.7 Å². The molecule has 1 atom stereocenters. The topological polar surface area (TPSA) is 142 Å². The Morgan fingerprint density at radius 2 is 2.03 bits per heavy atom. The molecule has 196 valence electrons. The highest BCUT2D eigenvalue weighted by molar-refractivity contribution is 6.07. The zero-order valence-corrected chi connectivity index (χ0v) is 21.0. The largest absolute Gasteiger partial charge is 0.460 e. The molecular formula is C27H28N6O5. The fraction of sp³-hybridized carbons (Fsp3) is 0.259. The monoisotopic (exact) mass is 516 g/mol. The third-order valence-corrected chi connectivity index (χ3v) is 6.16. The van der Waals surface area contributed by atoms with Gasteiger partial charge in [0.05, 0.1) is 18.2 Å². The molecule has 0 saturated carbocycles. The quantitative estimate of drug-likeness (QED) is 0.277. The zero-order chi connectivity index (χ0) is 26.6. The fourth-order valence-electron chi connectivity index (χ4n) is 4.41. The highest BCUT2D eigenvalue weighted by Gasteiger charge is 2.22. The summed E-state index contributed by atoms with van der Waals surface area (Å²) >= 11 is 0. The van der Waals surface area contributed by atoms with E-state index in [1.165, 1.54) is 0 Å². The predicted octanol–water partition coefficient (Wildman–Crippen LogP) is 3.43. The van der Waals surface area contributed by atoms with Gasteiger partial charge in [-0.25, -0.2) is 4.98 Å². The summed E-state index contributed by atoms with van der Waals surface area (Å²) in [5.74, 6) is 1.29. The van der Waals surface area contributed by atoms with Crippen LogP contribution < -0.4 is 20.7 Å². The Morgan fingerprint density at radius 1 is 1.18 bits per heavy atom. The first kappa shape index (κ1) is 25.2. The summed E-state index contributed by atoms with van der Waals surface area (Å²) in [5, 5.41) is 19.0. The molecule has 2 aromatic carbocycles. The normalized spacial score (nSPS) is 15.4. The summed E-state index contributed by atoms with van der Waals surface area (Å²) in [5.41, 5.74) is 2.35. The molecule has 0 spiro atoms. The number of aliphatic hydroxyl groups is 1. The lowest BCUT2D eigenvalue weighted by Crippen LogP contribution is -2.32. The smallest absolute Gasteiger partial charge is 0.255 e. The maximum Gasteiger partial charge on any atom is 0.255 e. The number of fused-ring (bicyclic) bond motifs is 1. The summed E-state index contributed by atoms with van der Waals surface area (Å²) in [6, 6.07) is 14.1. The van der Waals surface area contributed by atoms with Gasteiger partial charge in [0.1, 0.15) is 17.1 Å². The average Bonchev–Trinajstić information content (AvgIpc) is 3.44. The Labute approximate surface area is 218 Å². The van der Waals surface area contributed by atoms with Gasteiger partial charge in [-0.1, -0.05) is 6.07 Å². The van der Waals surface area contributed by atoms with Gasteiger partial charge in [0.25, 0.3) is 5.91 Å². The number of aliphatic hydroxyl groups excluding tert-OH is 1. The SMILES string of the molecule is CNC(=O)c1c(C)oc2cc(Oc3ccnc(Nc4cccc(NC(=O)CN5CC[C@H](O)C5)c4)n3)ccc12. The average molecular weight is 517 g/mol. The molecule has 0 aliphatic carbocycles. The maximum absolute atomic E-state index is 12.4. The minimum Gasteiger partial charge on any atom is -0.460 e. The van der Waals surface area contributed by atoms with Crippen LogP contribution in [-0.2, 0) is 4.79 Å². The second kappa shape index (κ2) is 10.9. The number of amides is 2. The Balaban J connectivity index is 1.24. The first-order valence-corrected chi connectivity index (χ1v) is 12.2. The highest BCUT2D eigenvalue weighted by Crippen LogP contribution is 2.31. The number of nitrogens with zero attached hydrogens (tertiary/aromatic N) is 3. The molecule has 5 rings (SSSR count). The van der Waals surface area contributed by atoms with Gasteiger partial charge < -0.3 is 30.2 Å². The molecule has 11 heteroatoms. The van der Waals surface area contributed by atoms with E-state index >= 15 is 0 Å². The number of ether oxygens (including phenoxy) is 1. The van der Waals surface area contributed by atoms with Crippen molar-refractivity contribution in [2.45, 2.75) is 19.4 Å². The molecular weight excluding hydrogens is 488 g/mol. The number of hydrogen-bond donors (Lipinski definition) is 4. The van der Waals surface area contributed by atoms with Crippen molar-refractivity contribution in [1.29, 1.82) is 0 Å². The van der Waals surface area contributed by atoms with Crippen molar-refractivity contribution in [3.05, 3.63) is 66.1 Å². The van der Waals surface area contributed by atoms with Crippen LogP contribution in [0, 0.1) is 6.92 Å². The first-order valence-electron chi connectivity index (χ1n) is 12.2. The Morgan fingerprint density at radius 3 is 2.82 bits per heavy atom. The zero-order valence-electron chi connectivity index (χ0n) is 21.0. The van der Waals surface area contributed by atoms with E-state index in [0.29, 0.717) is 70.8 Å². The van der Waals surface area contributed by atoms with Crippen molar-refractivity contribution < 1.29 is 23.8 Å². The molecule has 1 aliphatic rings. The molecule has 0 unspecified atom stereocenters. The Bertz CT molecular complexity index is 1490. The predicted molar refractivity (Wildman–Crippen MR) is 142 cm³/mol. The van der Waals surface area contributed by atoms with Crippen LogP contribution in [-0.4, -0.2) is 64.6 Å². The molecule has 2 aromatic heterocycles. The van der Waals surface area contributed by atoms with E-state index in [-0.39, 0.29) is 24.5 Å². The molecule has 3 heterocycles. The number of β-amino-alcohol motifs (C(OH)–C–C–N with tert-alkyl or cyclic N) is 1. The van der Waals surface area contributed by atoms with E-state index in [1.54, 1.807) is 56.6 Å². The van der Waals surface area contributed by atoms with Crippen LogP contribution >= 0.6 is 0 Å². The van der Waals surface area contributed by atoms with Crippen molar-refractivity contribution in [2.75, 3.05) is 37.3 Å². The highest BCUT2D eigenvalue weighted by atomic mass is 16.5. The maximum atomic E-state index is 12.4. The van der Waals surface area contributed by atoms with Crippen molar-refractivity contribution in [2.24, 2.45) is 0 Å². The Kier molecular flexibility index (Phi) is 7.20. The van der Waals surface area contributed by atoms with E-state index < -0.39 is 0 Å². The van der Waals surface area contributed by atoms with Crippen molar-refractivity contribution in [3.63, 3.8) is 0 Å². The lowest BCUT2D eigenvalue weighted by Gasteiger charge is -2.15. The molecule has 1 saturated heterocycles. The van der Waals surface area contributed by atoms with Crippen LogP contribution in [0.4, 0.5) is 17.3 Å². The summed E-state index contributed by atoms with van der Waals surface area (Å²) in [7, 11) is 1.58. The second-order valence-electron chi connectivity index (χ2n) is 9.02. The van der Waals surface area contributed by atoms with Crippen LogP contribution in [0.2, 0.25) is 0 Å². The van der Waals surface area contributed by atoms with Gasteiger partial charge in [-0.05, 0) is 43.7 Å². The van der Waals surface area contributed by atoms with Crippen LogP contribution in [0.3, 0.4) is 0 Å². The minimum absolute atomic E-state index is 0.144. The number of furan rings is 1. The molecule has 1 fully saturated rings. The van der Waals surface area contributed by atoms with Crippen LogP contribution in [0.1, 0.15) is 22.5 Å². The number of carbonyl (C=O) groups excluding carboxylic acids is 2. The van der Waals surface area contributed by atoms with E-state index in [0.717, 1.165) is 0 Å². The van der Waals surface area contributed by atoms with Crippen molar-refractivity contribution in [3.8, 4) is 11.6 Å². The molecule has 4 aromatic rings. The summed E-state index contributed by atoms with van der Waals surface area (Å²) in [6.07, 6.45) is 1.89. The van der Waals surface area contributed by atoms with Crippen LogP contribution in [0.15, 0.2) is 59.1 Å². The van der Waals surface area contributed by atoms with Gasteiger partial charge in [0.2, 0.25) is 17.7 Å².